The minimum absolute atomic E-state index is 0.188. The van der Waals surface area contributed by atoms with Gasteiger partial charge in [-0.05, 0) is 42.0 Å². The molecule has 0 amide bonds. The van der Waals surface area contributed by atoms with Gasteiger partial charge < -0.3 is 11.5 Å². The third kappa shape index (κ3) is 1.16. The number of nitrogens with zero attached hydrogens (tertiary/aromatic N) is 1. The fourth-order valence-corrected chi connectivity index (χ4v) is 2.04. The Morgan fingerprint density at radius 2 is 2.00 bits per heavy atom. The third-order valence-electron chi connectivity index (χ3n) is 2.76. The lowest BCUT2D eigenvalue weighted by Crippen LogP contribution is -2.10. The second-order valence-corrected chi connectivity index (χ2v) is 3.83. The summed E-state index contributed by atoms with van der Waals surface area (Å²) < 4.78 is 0. The summed E-state index contributed by atoms with van der Waals surface area (Å²) >= 11 is 0. The SMILES string of the molecule is NC1=CC2C(=Nc3ccc(N)cc32)C=C1. The summed E-state index contributed by atoms with van der Waals surface area (Å²) in [6.07, 6.45) is 5.87. The lowest BCUT2D eigenvalue weighted by molar-refractivity contribution is 1.14. The topological polar surface area (TPSA) is 64.4 Å². The number of anilines is 1. The van der Waals surface area contributed by atoms with E-state index in [9.17, 15) is 0 Å². The van der Waals surface area contributed by atoms with Crippen molar-refractivity contribution in [1.82, 2.24) is 0 Å². The van der Waals surface area contributed by atoms with Gasteiger partial charge in [-0.15, -0.1) is 0 Å². The number of rotatable bonds is 0. The lowest BCUT2D eigenvalue weighted by atomic mass is 9.91. The Balaban J connectivity index is 2.18. The number of allylic oxidation sites excluding steroid dienone is 3. The van der Waals surface area contributed by atoms with E-state index in [0.717, 1.165) is 28.3 Å². The van der Waals surface area contributed by atoms with Gasteiger partial charge in [-0.3, -0.25) is 4.99 Å². The molecule has 3 nitrogen and oxygen atoms in total. The van der Waals surface area contributed by atoms with E-state index in [1.54, 1.807) is 0 Å². The molecule has 0 bridgehead atoms. The van der Waals surface area contributed by atoms with E-state index in [4.69, 9.17) is 11.5 Å². The molecule has 1 aliphatic heterocycles. The second kappa shape index (κ2) is 2.73. The summed E-state index contributed by atoms with van der Waals surface area (Å²) in [4.78, 5) is 4.52. The van der Waals surface area contributed by atoms with Crippen LogP contribution in [0.3, 0.4) is 0 Å². The lowest BCUT2D eigenvalue weighted by Gasteiger charge is -2.12. The molecule has 0 fully saturated rings. The zero-order valence-electron chi connectivity index (χ0n) is 8.14. The summed E-state index contributed by atoms with van der Waals surface area (Å²) in [5.74, 6) is 0.188. The van der Waals surface area contributed by atoms with Gasteiger partial charge in [0.25, 0.3) is 0 Å². The highest BCUT2D eigenvalue weighted by Crippen LogP contribution is 2.39. The highest BCUT2D eigenvalue weighted by Gasteiger charge is 2.25. The van der Waals surface area contributed by atoms with Crippen LogP contribution in [0.15, 0.2) is 47.1 Å². The maximum absolute atomic E-state index is 5.77. The fourth-order valence-electron chi connectivity index (χ4n) is 2.04. The number of nitrogen functional groups attached to an aromatic ring is 1. The van der Waals surface area contributed by atoms with E-state index in [1.807, 2.05) is 36.4 Å². The Hall–Kier alpha value is -2.03. The fraction of sp³-hybridized carbons (Fsp3) is 0.0833. The molecule has 74 valence electrons. The summed E-state index contributed by atoms with van der Waals surface area (Å²) in [7, 11) is 0. The molecule has 0 aromatic heterocycles. The summed E-state index contributed by atoms with van der Waals surface area (Å²) in [6, 6.07) is 5.80. The molecular weight excluding hydrogens is 186 g/mol. The first kappa shape index (κ1) is 8.29. The van der Waals surface area contributed by atoms with Crippen molar-refractivity contribution in [3.8, 4) is 0 Å². The molecule has 0 saturated heterocycles. The van der Waals surface area contributed by atoms with Gasteiger partial charge in [-0.25, -0.2) is 0 Å². The third-order valence-corrected chi connectivity index (χ3v) is 2.76. The first-order chi connectivity index (χ1) is 7.24. The van der Waals surface area contributed by atoms with Gasteiger partial charge in [0, 0.05) is 17.3 Å². The number of hydrogen-bond acceptors (Lipinski definition) is 3. The number of nitrogens with two attached hydrogens (primary N) is 2. The number of benzene rings is 1. The van der Waals surface area contributed by atoms with Gasteiger partial charge in [-0.2, -0.15) is 0 Å². The highest BCUT2D eigenvalue weighted by molar-refractivity contribution is 6.08. The van der Waals surface area contributed by atoms with E-state index in [-0.39, 0.29) is 5.92 Å². The van der Waals surface area contributed by atoms with Gasteiger partial charge >= 0.3 is 0 Å². The van der Waals surface area contributed by atoms with Crippen molar-refractivity contribution in [1.29, 1.82) is 0 Å². The van der Waals surface area contributed by atoms with Crippen LogP contribution in [-0.4, -0.2) is 5.71 Å². The molecule has 1 aliphatic carbocycles. The zero-order chi connectivity index (χ0) is 10.4. The normalized spacial score (nSPS) is 21.7. The van der Waals surface area contributed by atoms with Crippen LogP contribution in [0.2, 0.25) is 0 Å². The standard InChI is InChI=1S/C12H11N3/c13-7-1-3-11-9(5-7)10-6-8(14)2-4-12(10)15-11/h1-6,9H,13-14H2. The maximum atomic E-state index is 5.77. The van der Waals surface area contributed by atoms with E-state index >= 15 is 0 Å². The monoisotopic (exact) mass is 197 g/mol. The van der Waals surface area contributed by atoms with Crippen LogP contribution in [-0.2, 0) is 0 Å². The molecule has 1 atom stereocenters. The molecule has 3 heteroatoms. The van der Waals surface area contributed by atoms with Crippen LogP contribution in [0, 0.1) is 0 Å². The summed E-state index contributed by atoms with van der Waals surface area (Å²) in [5, 5.41) is 0. The van der Waals surface area contributed by atoms with Crippen molar-refractivity contribution in [2.24, 2.45) is 10.7 Å². The second-order valence-electron chi connectivity index (χ2n) is 3.83. The van der Waals surface area contributed by atoms with Crippen LogP contribution in [0.5, 0.6) is 0 Å². The minimum atomic E-state index is 0.188. The van der Waals surface area contributed by atoms with Crippen molar-refractivity contribution in [2.75, 3.05) is 5.73 Å². The Kier molecular flexibility index (Phi) is 1.51. The summed E-state index contributed by atoms with van der Waals surface area (Å²) in [5.41, 5.74) is 16.3. The molecule has 4 N–H and O–H groups in total. The molecule has 1 aromatic rings. The molecule has 0 radical (unpaired) electrons. The van der Waals surface area contributed by atoms with Gasteiger partial charge in [0.1, 0.15) is 0 Å². The quantitative estimate of drug-likeness (QED) is 0.623. The molecule has 1 heterocycles. The van der Waals surface area contributed by atoms with Gasteiger partial charge in [0.15, 0.2) is 0 Å². The van der Waals surface area contributed by atoms with Crippen LogP contribution in [0.4, 0.5) is 11.4 Å². The predicted octanol–water partition coefficient (Wildman–Crippen LogP) is 1.85. The Morgan fingerprint density at radius 3 is 2.87 bits per heavy atom. The van der Waals surface area contributed by atoms with E-state index in [1.165, 1.54) is 0 Å². The van der Waals surface area contributed by atoms with Crippen LogP contribution in [0.1, 0.15) is 11.5 Å². The smallest absolute Gasteiger partial charge is 0.0676 e. The minimum Gasteiger partial charge on any atom is -0.399 e. The Morgan fingerprint density at radius 1 is 1.13 bits per heavy atom. The van der Waals surface area contributed by atoms with E-state index in [0.29, 0.717) is 0 Å². The first-order valence-corrected chi connectivity index (χ1v) is 4.87. The van der Waals surface area contributed by atoms with Gasteiger partial charge in [0.05, 0.1) is 11.4 Å². The van der Waals surface area contributed by atoms with E-state index in [2.05, 4.69) is 4.99 Å². The Bertz CT molecular complexity index is 524. The van der Waals surface area contributed by atoms with Crippen molar-refractivity contribution in [3.63, 3.8) is 0 Å². The van der Waals surface area contributed by atoms with Crippen molar-refractivity contribution in [3.05, 3.63) is 47.7 Å². The molecule has 0 spiro atoms. The van der Waals surface area contributed by atoms with Crippen LogP contribution in [0.25, 0.3) is 0 Å². The van der Waals surface area contributed by atoms with Crippen molar-refractivity contribution >= 4 is 17.1 Å². The van der Waals surface area contributed by atoms with E-state index < -0.39 is 0 Å². The molecule has 1 aromatic carbocycles. The first-order valence-electron chi connectivity index (χ1n) is 4.87. The average Bonchev–Trinajstić information content (AvgIpc) is 2.56. The number of fused-ring (bicyclic) bond motifs is 3. The Labute approximate surface area is 87.8 Å². The van der Waals surface area contributed by atoms with Crippen molar-refractivity contribution < 1.29 is 0 Å². The largest absolute Gasteiger partial charge is 0.399 e. The highest BCUT2D eigenvalue weighted by atomic mass is 14.8. The maximum Gasteiger partial charge on any atom is 0.0676 e. The summed E-state index contributed by atoms with van der Waals surface area (Å²) in [6.45, 7) is 0. The molecule has 2 aliphatic rings. The number of aliphatic imine (C=N–C) groups is 1. The van der Waals surface area contributed by atoms with Crippen molar-refractivity contribution in [2.45, 2.75) is 5.92 Å². The average molecular weight is 197 g/mol. The van der Waals surface area contributed by atoms with Crippen LogP contribution < -0.4 is 11.5 Å². The molecule has 3 rings (SSSR count). The molecule has 1 unspecified atom stereocenters. The molecule has 0 saturated carbocycles. The van der Waals surface area contributed by atoms with Gasteiger partial charge in [-0.1, -0.05) is 0 Å². The number of hydrogen-bond donors (Lipinski definition) is 2. The molecular formula is C12H11N3. The van der Waals surface area contributed by atoms with Gasteiger partial charge in [0.2, 0.25) is 0 Å². The predicted molar refractivity (Wildman–Crippen MR) is 62.1 cm³/mol. The van der Waals surface area contributed by atoms with Crippen LogP contribution >= 0.6 is 0 Å². The molecule has 15 heavy (non-hydrogen) atoms. The zero-order valence-corrected chi connectivity index (χ0v) is 8.14.